The van der Waals surface area contributed by atoms with Gasteiger partial charge in [-0.1, -0.05) is 63.4 Å². The van der Waals surface area contributed by atoms with Crippen molar-refractivity contribution in [2.45, 2.75) is 6.92 Å². The Bertz CT molecular complexity index is 1200. The van der Waals surface area contributed by atoms with E-state index < -0.39 is 0 Å². The molecule has 0 radical (unpaired) electrons. The second kappa shape index (κ2) is 9.72. The Kier molecular flexibility index (Phi) is 7.22. The van der Waals surface area contributed by atoms with Gasteiger partial charge in [0.1, 0.15) is 11.3 Å². The first kappa shape index (κ1) is 23.8. The fourth-order valence-corrected chi connectivity index (χ4v) is 4.28. The summed E-state index contributed by atoms with van der Waals surface area (Å²) in [5.74, 6) is -0.0298. The summed E-state index contributed by atoms with van der Waals surface area (Å²) in [7, 11) is 5.97. The van der Waals surface area contributed by atoms with Gasteiger partial charge in [0, 0.05) is 36.8 Å². The van der Waals surface area contributed by atoms with E-state index in [-0.39, 0.29) is 18.3 Å². The Morgan fingerprint density at radius 2 is 1.56 bits per heavy atom. The molecule has 32 heavy (non-hydrogen) atoms. The van der Waals surface area contributed by atoms with Gasteiger partial charge >= 0.3 is 5.91 Å². The van der Waals surface area contributed by atoms with Crippen LogP contribution in [0, 0.1) is 0 Å². The van der Waals surface area contributed by atoms with Gasteiger partial charge in [0.05, 0.1) is 0 Å². The molecule has 0 aliphatic carbocycles. The molecule has 1 aliphatic rings. The molecule has 1 amide bonds. The number of halogens is 2. The highest BCUT2D eigenvalue weighted by molar-refractivity contribution is 9.10. The fraction of sp³-hybridized carbons (Fsp3) is 0.154. The van der Waals surface area contributed by atoms with Crippen LogP contribution in [0.1, 0.15) is 18.1 Å². The highest BCUT2D eigenvalue weighted by atomic mass is 79.9. The lowest BCUT2D eigenvalue weighted by Gasteiger charge is -2.15. The van der Waals surface area contributed by atoms with E-state index in [2.05, 4.69) is 57.2 Å². The van der Waals surface area contributed by atoms with Crippen molar-refractivity contribution in [3.63, 3.8) is 0 Å². The van der Waals surface area contributed by atoms with E-state index in [1.165, 1.54) is 0 Å². The van der Waals surface area contributed by atoms with Crippen molar-refractivity contribution in [1.82, 2.24) is 0 Å². The molecule has 3 aromatic carbocycles. The maximum Gasteiger partial charge on any atom is 0.320 e. The summed E-state index contributed by atoms with van der Waals surface area (Å²) in [5.41, 5.74) is 6.53. The maximum atomic E-state index is 13.8. The number of carbonyl (C=O) groups excluding carboxylic acids is 1. The van der Waals surface area contributed by atoms with E-state index in [4.69, 9.17) is 0 Å². The molecule has 0 N–H and O–H groups in total. The summed E-state index contributed by atoms with van der Waals surface area (Å²) in [5, 5.41) is 1.73. The summed E-state index contributed by atoms with van der Waals surface area (Å²) < 4.78 is 2.91. The molecule has 0 fully saturated rings. The topological polar surface area (TPSA) is 26.6 Å². The second-order valence-corrected chi connectivity index (χ2v) is 8.68. The smallest absolute Gasteiger partial charge is 0.320 e. The Hall–Kier alpha value is -2.89. The Morgan fingerprint density at radius 1 is 0.906 bits per heavy atom. The zero-order chi connectivity index (χ0) is 22.1. The first-order valence-corrected chi connectivity index (χ1v) is 10.9. The predicted molar refractivity (Wildman–Crippen MR) is 132 cm³/mol. The first-order valence-electron chi connectivity index (χ1n) is 10.1. The van der Waals surface area contributed by atoms with E-state index in [0.29, 0.717) is 5.57 Å². The number of anilines is 2. The third kappa shape index (κ3) is 4.36. The van der Waals surface area contributed by atoms with Gasteiger partial charge in [0.25, 0.3) is 0 Å². The molecule has 6 heteroatoms. The molecule has 4 nitrogen and oxygen atoms in total. The molecule has 0 saturated heterocycles. The van der Waals surface area contributed by atoms with Crippen LogP contribution in [0.3, 0.4) is 0 Å². The number of para-hydroxylation sites is 1. The average Bonchev–Trinajstić information content (AvgIpc) is 2.98. The van der Waals surface area contributed by atoms with Gasteiger partial charge in [-0.2, -0.15) is 0 Å². The largest absolute Gasteiger partial charge is 1.00 e. The molecule has 0 spiro atoms. The zero-order valence-corrected chi connectivity index (χ0v) is 20.9. The molecular formula is C26H25BrClN3O. The minimum Gasteiger partial charge on any atom is -1.00 e. The highest BCUT2D eigenvalue weighted by Crippen LogP contribution is 2.34. The number of hydrogen-bond donors (Lipinski definition) is 0. The van der Waals surface area contributed by atoms with Crippen LogP contribution in [0.25, 0.3) is 5.57 Å². The molecule has 3 aromatic rings. The minimum absolute atomic E-state index is 0. The molecule has 4 rings (SSSR count). The third-order valence-electron chi connectivity index (χ3n) is 5.59. The zero-order valence-electron chi connectivity index (χ0n) is 18.5. The Morgan fingerprint density at radius 3 is 2.16 bits per heavy atom. The average molecular weight is 511 g/mol. The summed E-state index contributed by atoms with van der Waals surface area (Å²) in [6.45, 7) is 2.00. The lowest BCUT2D eigenvalue weighted by atomic mass is 9.90. The van der Waals surface area contributed by atoms with Crippen LogP contribution >= 0.6 is 15.9 Å². The van der Waals surface area contributed by atoms with E-state index in [0.717, 1.165) is 38.3 Å². The fourth-order valence-electron chi connectivity index (χ4n) is 3.88. The van der Waals surface area contributed by atoms with Gasteiger partial charge in [-0.25, -0.2) is 0 Å². The molecule has 0 bridgehead atoms. The first-order chi connectivity index (χ1) is 14.9. The van der Waals surface area contributed by atoms with E-state index in [1.54, 1.807) is 5.01 Å². The maximum absolute atomic E-state index is 13.8. The molecule has 164 valence electrons. The Balaban J connectivity index is 0.00000289. The summed E-state index contributed by atoms with van der Waals surface area (Å²) in [4.78, 5) is 15.8. The van der Waals surface area contributed by atoms with Crippen molar-refractivity contribution in [3.8, 4) is 0 Å². The van der Waals surface area contributed by atoms with E-state index in [1.807, 2.05) is 75.2 Å². The van der Waals surface area contributed by atoms with Gasteiger partial charge < -0.3 is 17.3 Å². The number of hydrazine groups is 1. The second-order valence-electron chi connectivity index (χ2n) is 7.76. The molecule has 0 atom stereocenters. The number of nitrogens with zero attached hydrogens (tertiary/aromatic N) is 3. The Labute approximate surface area is 204 Å². The van der Waals surface area contributed by atoms with Crippen molar-refractivity contribution >= 4 is 44.5 Å². The number of rotatable bonds is 4. The van der Waals surface area contributed by atoms with Gasteiger partial charge in [-0.15, -0.1) is 4.68 Å². The number of hydrogen-bond acceptors (Lipinski definition) is 2. The standard InChI is InChI=1S/C26H25BrN3O.ClH/c1-18-24(26(31)30(29(18)4)23-11-6-5-7-12-23)25(20-9-8-10-21(27)17-20)19-13-15-22(16-14-19)28(2)3;/h5-17H,1-4H3;1H/q+1;/p-1. The van der Waals surface area contributed by atoms with Crippen LogP contribution < -0.4 is 22.3 Å². The number of amides is 1. The van der Waals surface area contributed by atoms with Crippen LogP contribution in [0.4, 0.5) is 11.4 Å². The number of carbonyl (C=O) groups is 1. The molecule has 0 saturated carbocycles. The molecular weight excluding hydrogens is 486 g/mol. The van der Waals surface area contributed by atoms with Crippen molar-refractivity contribution in [1.29, 1.82) is 0 Å². The van der Waals surface area contributed by atoms with Crippen molar-refractivity contribution in [2.24, 2.45) is 0 Å². The molecule has 0 unspecified atom stereocenters. The van der Waals surface area contributed by atoms with E-state index in [9.17, 15) is 4.79 Å². The summed E-state index contributed by atoms with van der Waals surface area (Å²) in [6.07, 6.45) is 0. The van der Waals surface area contributed by atoms with Crippen molar-refractivity contribution < 1.29 is 21.9 Å². The molecule has 1 heterocycles. The van der Waals surface area contributed by atoms with Crippen LogP contribution in [0.5, 0.6) is 0 Å². The van der Waals surface area contributed by atoms with Gasteiger partial charge in [0.2, 0.25) is 5.71 Å². The van der Waals surface area contributed by atoms with E-state index >= 15 is 0 Å². The van der Waals surface area contributed by atoms with Crippen LogP contribution in [-0.2, 0) is 4.79 Å². The van der Waals surface area contributed by atoms with Gasteiger partial charge in [-0.3, -0.25) is 4.79 Å². The van der Waals surface area contributed by atoms with Crippen LogP contribution in [-0.4, -0.2) is 37.4 Å². The molecule has 1 aliphatic heterocycles. The SMILES string of the molecule is CC1=[N+](C)N(c2ccccc2)C(=O)C1=C(c1ccc(N(C)C)cc1)c1cccc(Br)c1.[Cl-]. The number of hydrazone groups is 1. The minimum atomic E-state index is -0.0298. The lowest BCUT2D eigenvalue weighted by Crippen LogP contribution is -3.00. The van der Waals surface area contributed by atoms with Gasteiger partial charge in [-0.05, 0) is 47.5 Å². The third-order valence-corrected chi connectivity index (χ3v) is 6.08. The predicted octanol–water partition coefficient (Wildman–Crippen LogP) is 2.39. The molecule has 0 aromatic heterocycles. The summed E-state index contributed by atoms with van der Waals surface area (Å²) in [6, 6.07) is 26.2. The monoisotopic (exact) mass is 509 g/mol. The van der Waals surface area contributed by atoms with Crippen LogP contribution in [0.2, 0.25) is 0 Å². The van der Waals surface area contributed by atoms with Gasteiger partial charge in [0.15, 0.2) is 7.05 Å². The van der Waals surface area contributed by atoms with Crippen LogP contribution in [0.15, 0.2) is 88.9 Å². The summed E-state index contributed by atoms with van der Waals surface area (Å²) >= 11 is 3.59. The van der Waals surface area contributed by atoms with Crippen molar-refractivity contribution in [3.05, 3.63) is 100 Å². The quantitative estimate of drug-likeness (QED) is 0.398. The normalized spacial score (nSPS) is 15.0. The number of benzene rings is 3. The van der Waals surface area contributed by atoms with Crippen molar-refractivity contribution in [2.75, 3.05) is 31.1 Å². The lowest BCUT2D eigenvalue weighted by molar-refractivity contribution is -0.495. The highest BCUT2D eigenvalue weighted by Gasteiger charge is 2.42.